The number of nitrogens with zero attached hydrogens (tertiary/aromatic N) is 2. The van der Waals surface area contributed by atoms with Crippen molar-refractivity contribution < 1.29 is 4.79 Å². The predicted octanol–water partition coefficient (Wildman–Crippen LogP) is 2.27. The highest BCUT2D eigenvalue weighted by Gasteiger charge is 2.08. The summed E-state index contributed by atoms with van der Waals surface area (Å²) in [4.78, 5) is 20.7. The van der Waals surface area contributed by atoms with Gasteiger partial charge in [0.15, 0.2) is 5.78 Å². The first-order chi connectivity index (χ1) is 7.25. The highest BCUT2D eigenvalue weighted by molar-refractivity contribution is 7.09. The number of aryl methyl sites for hydroxylation is 1. The molecular formula is C11H10N2OS. The van der Waals surface area contributed by atoms with Crippen LogP contribution in [0.3, 0.4) is 0 Å². The highest BCUT2D eigenvalue weighted by atomic mass is 32.1. The number of pyridine rings is 1. The van der Waals surface area contributed by atoms with Crippen molar-refractivity contribution in [2.45, 2.75) is 13.3 Å². The minimum absolute atomic E-state index is 0.0930. The Hall–Kier alpha value is -1.55. The van der Waals surface area contributed by atoms with Crippen LogP contribution in [0.25, 0.3) is 0 Å². The van der Waals surface area contributed by atoms with E-state index in [1.54, 1.807) is 24.1 Å². The second-order valence-corrected chi connectivity index (χ2v) is 4.29. The number of hydrogen-bond donors (Lipinski definition) is 0. The highest BCUT2D eigenvalue weighted by Crippen LogP contribution is 2.11. The minimum atomic E-state index is 0.0930. The summed E-state index contributed by atoms with van der Waals surface area (Å²) in [5, 5.41) is 0. The molecule has 4 heteroatoms. The molecule has 15 heavy (non-hydrogen) atoms. The Morgan fingerprint density at radius 1 is 1.33 bits per heavy atom. The van der Waals surface area contributed by atoms with E-state index >= 15 is 0 Å². The van der Waals surface area contributed by atoms with Gasteiger partial charge in [0.25, 0.3) is 0 Å². The van der Waals surface area contributed by atoms with Crippen molar-refractivity contribution in [3.63, 3.8) is 0 Å². The predicted molar refractivity (Wildman–Crippen MR) is 59.1 cm³/mol. The molecule has 3 nitrogen and oxygen atoms in total. The molecule has 0 bridgehead atoms. The summed E-state index contributed by atoms with van der Waals surface area (Å²) in [6, 6.07) is 1.86. The topological polar surface area (TPSA) is 42.9 Å². The van der Waals surface area contributed by atoms with E-state index < -0.39 is 0 Å². The number of carbonyl (C=O) groups excluding carboxylic acids is 1. The van der Waals surface area contributed by atoms with Crippen molar-refractivity contribution in [1.29, 1.82) is 0 Å². The van der Waals surface area contributed by atoms with Gasteiger partial charge >= 0.3 is 0 Å². The molecule has 0 N–H and O–H groups in total. The van der Waals surface area contributed by atoms with Gasteiger partial charge < -0.3 is 0 Å². The summed E-state index contributed by atoms with van der Waals surface area (Å²) in [5.74, 6) is 0.0930. The van der Waals surface area contributed by atoms with Crippen LogP contribution in [0.2, 0.25) is 0 Å². The molecular weight excluding hydrogens is 208 g/mol. The molecule has 0 saturated heterocycles. The van der Waals surface area contributed by atoms with Crippen LogP contribution in [0.5, 0.6) is 0 Å². The largest absolute Gasteiger partial charge is 0.294 e. The van der Waals surface area contributed by atoms with E-state index in [0.29, 0.717) is 12.0 Å². The van der Waals surface area contributed by atoms with Crippen molar-refractivity contribution in [3.8, 4) is 0 Å². The van der Waals surface area contributed by atoms with Gasteiger partial charge in [0.05, 0.1) is 5.51 Å². The number of thiazole rings is 1. The van der Waals surface area contributed by atoms with Gasteiger partial charge in [-0.3, -0.25) is 14.8 Å². The zero-order valence-corrected chi connectivity index (χ0v) is 9.12. The Balaban J connectivity index is 2.15. The molecule has 0 atom stereocenters. The minimum Gasteiger partial charge on any atom is -0.294 e. The molecule has 0 amide bonds. The van der Waals surface area contributed by atoms with Crippen LogP contribution >= 0.6 is 11.3 Å². The zero-order valence-electron chi connectivity index (χ0n) is 8.30. The fourth-order valence-corrected chi connectivity index (χ4v) is 1.89. The third-order valence-corrected chi connectivity index (χ3v) is 2.79. The van der Waals surface area contributed by atoms with Crippen molar-refractivity contribution >= 4 is 17.1 Å². The smallest absolute Gasteiger partial charge is 0.169 e. The molecule has 2 heterocycles. The molecule has 0 aromatic carbocycles. The molecule has 0 spiro atoms. The molecule has 2 aromatic heterocycles. The Morgan fingerprint density at radius 2 is 2.20 bits per heavy atom. The molecule has 0 saturated carbocycles. The van der Waals surface area contributed by atoms with Crippen LogP contribution in [0, 0.1) is 6.92 Å². The first-order valence-corrected chi connectivity index (χ1v) is 5.46. The SMILES string of the molecule is Cc1cncc(C(=O)Cc2cncs2)c1. The molecule has 76 valence electrons. The normalized spacial score (nSPS) is 10.2. The second-order valence-electron chi connectivity index (χ2n) is 3.32. The van der Waals surface area contributed by atoms with E-state index in [2.05, 4.69) is 9.97 Å². The van der Waals surface area contributed by atoms with Crippen LogP contribution in [0.4, 0.5) is 0 Å². The lowest BCUT2D eigenvalue weighted by atomic mass is 10.1. The maximum atomic E-state index is 11.8. The van der Waals surface area contributed by atoms with E-state index in [1.807, 2.05) is 13.0 Å². The van der Waals surface area contributed by atoms with E-state index in [-0.39, 0.29) is 5.78 Å². The molecule has 0 aliphatic heterocycles. The standard InChI is InChI=1S/C11H10N2OS/c1-8-2-9(5-12-4-8)11(14)3-10-6-13-7-15-10/h2,4-7H,3H2,1H3. The number of Topliss-reactive ketones (excluding diaryl/α,β-unsaturated/α-hetero) is 1. The van der Waals surface area contributed by atoms with Crippen molar-refractivity contribution in [2.24, 2.45) is 0 Å². The van der Waals surface area contributed by atoms with Gasteiger partial charge in [0, 0.05) is 35.5 Å². The van der Waals surface area contributed by atoms with Crippen LogP contribution in [0.1, 0.15) is 20.8 Å². The zero-order chi connectivity index (χ0) is 10.7. The lowest BCUT2D eigenvalue weighted by molar-refractivity contribution is 0.0993. The second kappa shape index (κ2) is 4.31. The van der Waals surface area contributed by atoms with E-state index in [9.17, 15) is 4.79 Å². The van der Waals surface area contributed by atoms with E-state index in [0.717, 1.165) is 10.4 Å². The first-order valence-electron chi connectivity index (χ1n) is 4.58. The maximum Gasteiger partial charge on any atom is 0.169 e. The Kier molecular flexibility index (Phi) is 2.87. The number of aromatic nitrogens is 2. The van der Waals surface area contributed by atoms with E-state index in [1.165, 1.54) is 11.3 Å². The Bertz CT molecular complexity index is 465. The lowest BCUT2D eigenvalue weighted by Crippen LogP contribution is -2.03. The summed E-state index contributed by atoms with van der Waals surface area (Å²) in [5.41, 5.74) is 3.41. The Labute approximate surface area is 91.8 Å². The van der Waals surface area contributed by atoms with Gasteiger partial charge in [-0.1, -0.05) is 0 Å². The van der Waals surface area contributed by atoms with Gasteiger partial charge in [-0.2, -0.15) is 0 Å². The van der Waals surface area contributed by atoms with Crippen LogP contribution in [0.15, 0.2) is 30.2 Å². The molecule has 2 aromatic rings. The van der Waals surface area contributed by atoms with Crippen LogP contribution in [-0.2, 0) is 6.42 Å². The summed E-state index contributed by atoms with van der Waals surface area (Å²) in [7, 11) is 0. The van der Waals surface area contributed by atoms with Gasteiger partial charge in [0.1, 0.15) is 0 Å². The number of ketones is 1. The molecule has 2 rings (SSSR count). The average molecular weight is 218 g/mol. The molecule has 0 radical (unpaired) electrons. The van der Waals surface area contributed by atoms with E-state index in [4.69, 9.17) is 0 Å². The lowest BCUT2D eigenvalue weighted by Gasteiger charge is -1.99. The van der Waals surface area contributed by atoms with Gasteiger partial charge in [-0.15, -0.1) is 11.3 Å². The molecule has 0 aliphatic carbocycles. The fraction of sp³-hybridized carbons (Fsp3) is 0.182. The van der Waals surface area contributed by atoms with Crippen molar-refractivity contribution in [2.75, 3.05) is 0 Å². The van der Waals surface area contributed by atoms with Gasteiger partial charge in [0.2, 0.25) is 0 Å². The molecule has 0 unspecified atom stereocenters. The maximum absolute atomic E-state index is 11.8. The first kappa shape index (κ1) is 9.98. The fourth-order valence-electron chi connectivity index (χ4n) is 1.30. The third kappa shape index (κ3) is 2.47. The number of hydrogen-bond acceptors (Lipinski definition) is 4. The number of carbonyl (C=O) groups is 1. The molecule has 0 fully saturated rings. The summed E-state index contributed by atoms with van der Waals surface area (Å²) in [6.07, 6.45) is 5.49. The third-order valence-electron chi connectivity index (χ3n) is 2.02. The Morgan fingerprint density at radius 3 is 2.87 bits per heavy atom. The quantitative estimate of drug-likeness (QED) is 0.742. The average Bonchev–Trinajstić information content (AvgIpc) is 2.70. The van der Waals surface area contributed by atoms with Crippen LogP contribution in [-0.4, -0.2) is 15.8 Å². The number of rotatable bonds is 3. The summed E-state index contributed by atoms with van der Waals surface area (Å²) < 4.78 is 0. The monoisotopic (exact) mass is 218 g/mol. The van der Waals surface area contributed by atoms with Gasteiger partial charge in [-0.25, -0.2) is 0 Å². The summed E-state index contributed by atoms with van der Waals surface area (Å²) >= 11 is 1.50. The van der Waals surface area contributed by atoms with Crippen LogP contribution < -0.4 is 0 Å². The molecule has 0 aliphatic rings. The van der Waals surface area contributed by atoms with Crippen molar-refractivity contribution in [3.05, 3.63) is 46.2 Å². The van der Waals surface area contributed by atoms with Gasteiger partial charge in [-0.05, 0) is 18.6 Å². The van der Waals surface area contributed by atoms with Crippen molar-refractivity contribution in [1.82, 2.24) is 9.97 Å². The summed E-state index contributed by atoms with van der Waals surface area (Å²) in [6.45, 7) is 1.93.